The maximum Gasteiger partial charge on any atom is 0.282 e. The van der Waals surface area contributed by atoms with Crippen molar-refractivity contribution < 1.29 is 9.90 Å². The molecule has 0 saturated carbocycles. The Bertz CT molecular complexity index is 999. The van der Waals surface area contributed by atoms with Gasteiger partial charge in [0.15, 0.2) is 5.01 Å². The second kappa shape index (κ2) is 5.20. The van der Waals surface area contributed by atoms with Gasteiger partial charge in [-0.05, 0) is 36.2 Å². The highest BCUT2D eigenvalue weighted by Gasteiger charge is 2.45. The molecule has 3 aromatic rings. The van der Waals surface area contributed by atoms with Crippen LogP contribution in [0.3, 0.4) is 0 Å². The highest BCUT2D eigenvalue weighted by atomic mass is 32.1. The van der Waals surface area contributed by atoms with E-state index in [4.69, 9.17) is 0 Å². The summed E-state index contributed by atoms with van der Waals surface area (Å²) in [6.07, 6.45) is 0.967. The first-order valence-electron chi connectivity index (χ1n) is 8.37. The van der Waals surface area contributed by atoms with Crippen LogP contribution in [0.15, 0.2) is 42.5 Å². The van der Waals surface area contributed by atoms with Gasteiger partial charge in [0.25, 0.3) is 5.91 Å². The number of fused-ring (bicyclic) bond motifs is 3. The van der Waals surface area contributed by atoms with Crippen LogP contribution in [-0.2, 0) is 5.41 Å². The van der Waals surface area contributed by atoms with E-state index in [1.54, 1.807) is 18.2 Å². The lowest BCUT2D eigenvalue weighted by molar-refractivity contribution is 0.0784. The Morgan fingerprint density at radius 3 is 3.08 bits per heavy atom. The molecule has 2 aromatic carbocycles. The second-order valence-corrected chi connectivity index (χ2v) is 7.86. The highest BCUT2D eigenvalue weighted by Crippen LogP contribution is 2.43. The Kier molecular flexibility index (Phi) is 3.06. The average Bonchev–Trinajstić information content (AvgIpc) is 3.33. The molecule has 0 bridgehead atoms. The molecule has 5 rings (SSSR count). The van der Waals surface area contributed by atoms with Crippen LogP contribution in [0, 0.1) is 0 Å². The number of thiazole rings is 1. The van der Waals surface area contributed by atoms with E-state index >= 15 is 0 Å². The third-order valence-corrected chi connectivity index (χ3v) is 6.32. The number of anilines is 1. The van der Waals surface area contributed by atoms with Crippen molar-refractivity contribution in [1.29, 1.82) is 0 Å². The standard InChI is InChI=1S/C19H17N3O2S/c23-12-5-6-15-16(9-12)25-17(21-15)18(24)22-8-7-19(11-22)10-20-14-4-2-1-3-13(14)19/h1-6,9,20,23H,7-8,10-11H2. The molecule has 1 aromatic heterocycles. The topological polar surface area (TPSA) is 65.5 Å². The quantitative estimate of drug-likeness (QED) is 0.707. The maximum atomic E-state index is 12.9. The normalized spacial score (nSPS) is 21.7. The Hall–Kier alpha value is -2.60. The summed E-state index contributed by atoms with van der Waals surface area (Å²) in [6, 6.07) is 13.4. The van der Waals surface area contributed by atoms with E-state index in [9.17, 15) is 9.90 Å². The number of para-hydroxylation sites is 1. The van der Waals surface area contributed by atoms with Gasteiger partial charge in [0.2, 0.25) is 0 Å². The summed E-state index contributed by atoms with van der Waals surface area (Å²) in [4.78, 5) is 19.3. The van der Waals surface area contributed by atoms with Crippen molar-refractivity contribution >= 4 is 33.1 Å². The van der Waals surface area contributed by atoms with Crippen molar-refractivity contribution in [1.82, 2.24) is 9.88 Å². The van der Waals surface area contributed by atoms with Crippen LogP contribution in [0.2, 0.25) is 0 Å². The number of aromatic hydroxyl groups is 1. The minimum Gasteiger partial charge on any atom is -0.508 e. The summed E-state index contributed by atoms with van der Waals surface area (Å²) in [5.74, 6) is 0.186. The summed E-state index contributed by atoms with van der Waals surface area (Å²) in [6.45, 7) is 2.34. The molecule has 2 aliphatic heterocycles. The Morgan fingerprint density at radius 2 is 2.16 bits per heavy atom. The third kappa shape index (κ3) is 2.21. The molecule has 0 aliphatic carbocycles. The van der Waals surface area contributed by atoms with E-state index in [0.717, 1.165) is 36.3 Å². The van der Waals surface area contributed by atoms with Gasteiger partial charge in [0.1, 0.15) is 5.75 Å². The molecule has 1 saturated heterocycles. The molecule has 25 heavy (non-hydrogen) atoms. The summed E-state index contributed by atoms with van der Waals surface area (Å²) >= 11 is 1.35. The van der Waals surface area contributed by atoms with Crippen LogP contribution in [0.1, 0.15) is 21.8 Å². The van der Waals surface area contributed by atoms with E-state index in [-0.39, 0.29) is 17.1 Å². The number of rotatable bonds is 1. The van der Waals surface area contributed by atoms with Crippen molar-refractivity contribution in [2.24, 2.45) is 0 Å². The number of hydrogen-bond donors (Lipinski definition) is 2. The number of aromatic nitrogens is 1. The fourth-order valence-corrected chi connectivity index (χ4v) is 4.98. The maximum absolute atomic E-state index is 12.9. The van der Waals surface area contributed by atoms with E-state index in [1.807, 2.05) is 11.0 Å². The Balaban J connectivity index is 1.44. The van der Waals surface area contributed by atoms with Crippen LogP contribution in [0.5, 0.6) is 5.75 Å². The predicted molar refractivity (Wildman–Crippen MR) is 98.4 cm³/mol. The molecule has 2 aliphatic rings. The number of benzene rings is 2. The van der Waals surface area contributed by atoms with Gasteiger partial charge in [-0.1, -0.05) is 18.2 Å². The Labute approximate surface area is 148 Å². The van der Waals surface area contributed by atoms with Gasteiger partial charge in [0, 0.05) is 30.7 Å². The highest BCUT2D eigenvalue weighted by molar-refractivity contribution is 7.20. The fraction of sp³-hybridized carbons (Fsp3) is 0.263. The molecular weight excluding hydrogens is 334 g/mol. The lowest BCUT2D eigenvalue weighted by Gasteiger charge is -2.23. The largest absolute Gasteiger partial charge is 0.508 e. The zero-order valence-corrected chi connectivity index (χ0v) is 14.3. The van der Waals surface area contributed by atoms with Crippen molar-refractivity contribution in [3.05, 3.63) is 53.0 Å². The van der Waals surface area contributed by atoms with Crippen LogP contribution < -0.4 is 5.32 Å². The van der Waals surface area contributed by atoms with Crippen molar-refractivity contribution in [2.45, 2.75) is 11.8 Å². The molecule has 1 unspecified atom stereocenters. The molecule has 3 heterocycles. The summed E-state index contributed by atoms with van der Waals surface area (Å²) in [5, 5.41) is 13.6. The number of likely N-dealkylation sites (tertiary alicyclic amines) is 1. The fourth-order valence-electron chi connectivity index (χ4n) is 4.01. The van der Waals surface area contributed by atoms with Gasteiger partial charge < -0.3 is 15.3 Å². The lowest BCUT2D eigenvalue weighted by Crippen LogP contribution is -2.35. The number of nitrogens with zero attached hydrogens (tertiary/aromatic N) is 2. The Morgan fingerprint density at radius 1 is 1.28 bits per heavy atom. The van der Waals surface area contributed by atoms with Crippen molar-refractivity contribution in [3.8, 4) is 5.75 Å². The van der Waals surface area contributed by atoms with Gasteiger partial charge in [-0.2, -0.15) is 0 Å². The van der Waals surface area contributed by atoms with Crippen LogP contribution in [0.25, 0.3) is 10.2 Å². The second-order valence-electron chi connectivity index (χ2n) is 6.83. The molecular formula is C19H17N3O2S. The van der Waals surface area contributed by atoms with E-state index in [1.165, 1.54) is 22.6 Å². The zero-order valence-electron chi connectivity index (χ0n) is 13.5. The summed E-state index contributed by atoms with van der Waals surface area (Å²) in [7, 11) is 0. The zero-order chi connectivity index (χ0) is 17.0. The molecule has 126 valence electrons. The first kappa shape index (κ1) is 14.7. The van der Waals surface area contributed by atoms with E-state index in [2.05, 4.69) is 28.5 Å². The monoisotopic (exact) mass is 351 g/mol. The molecule has 1 amide bonds. The van der Waals surface area contributed by atoms with Crippen molar-refractivity contribution in [2.75, 3.05) is 25.0 Å². The van der Waals surface area contributed by atoms with Gasteiger partial charge >= 0.3 is 0 Å². The van der Waals surface area contributed by atoms with Gasteiger partial charge in [-0.15, -0.1) is 11.3 Å². The van der Waals surface area contributed by atoms with E-state index < -0.39 is 0 Å². The number of carbonyl (C=O) groups is 1. The molecule has 6 heteroatoms. The molecule has 1 spiro atoms. The van der Waals surface area contributed by atoms with Gasteiger partial charge in [0.05, 0.1) is 10.2 Å². The molecule has 5 nitrogen and oxygen atoms in total. The number of nitrogens with one attached hydrogen (secondary N) is 1. The number of phenols is 1. The molecule has 0 radical (unpaired) electrons. The van der Waals surface area contributed by atoms with Crippen LogP contribution in [-0.4, -0.2) is 40.5 Å². The summed E-state index contributed by atoms with van der Waals surface area (Å²) in [5.41, 5.74) is 3.28. The van der Waals surface area contributed by atoms with Gasteiger partial charge in [-0.3, -0.25) is 4.79 Å². The first-order valence-corrected chi connectivity index (χ1v) is 9.19. The van der Waals surface area contributed by atoms with Crippen molar-refractivity contribution in [3.63, 3.8) is 0 Å². The smallest absolute Gasteiger partial charge is 0.282 e. The average molecular weight is 351 g/mol. The van der Waals surface area contributed by atoms with Gasteiger partial charge in [-0.25, -0.2) is 4.98 Å². The predicted octanol–water partition coefficient (Wildman–Crippen LogP) is 3.21. The van der Waals surface area contributed by atoms with Crippen LogP contribution in [0.4, 0.5) is 5.69 Å². The lowest BCUT2D eigenvalue weighted by atomic mass is 9.82. The third-order valence-electron chi connectivity index (χ3n) is 5.31. The number of phenolic OH excluding ortho intramolecular Hbond substituents is 1. The first-order chi connectivity index (χ1) is 12.1. The van der Waals surface area contributed by atoms with Crippen LogP contribution >= 0.6 is 11.3 Å². The minimum absolute atomic E-state index is 0.0121. The summed E-state index contributed by atoms with van der Waals surface area (Å²) < 4.78 is 0.838. The van der Waals surface area contributed by atoms with E-state index in [0.29, 0.717) is 5.01 Å². The SMILES string of the molecule is O=C(c1nc2ccc(O)cc2s1)N1CCC2(CNc3ccccc32)C1. The minimum atomic E-state index is -0.0121. The number of carbonyl (C=O) groups excluding carboxylic acids is 1. The number of amides is 1. The molecule has 1 fully saturated rings. The molecule has 1 atom stereocenters. The molecule has 2 N–H and O–H groups in total. The number of hydrogen-bond acceptors (Lipinski definition) is 5.